The summed E-state index contributed by atoms with van der Waals surface area (Å²) in [5, 5.41) is 7.67. The SMILES string of the molecule is O=C(NCCn1cncn1)C1(c2ccc(Cl)cc2)CC1. The first kappa shape index (κ1) is 13.1. The number of halogens is 1. The summed E-state index contributed by atoms with van der Waals surface area (Å²) in [4.78, 5) is 16.2. The normalized spacial score (nSPS) is 15.8. The van der Waals surface area contributed by atoms with Crippen LogP contribution in [0, 0.1) is 0 Å². The van der Waals surface area contributed by atoms with E-state index in [0.29, 0.717) is 18.1 Å². The summed E-state index contributed by atoms with van der Waals surface area (Å²) in [7, 11) is 0. The first-order valence-corrected chi connectivity index (χ1v) is 6.95. The Morgan fingerprint density at radius 2 is 2.10 bits per heavy atom. The third kappa shape index (κ3) is 2.54. The summed E-state index contributed by atoms with van der Waals surface area (Å²) in [5.74, 6) is 0.0833. The van der Waals surface area contributed by atoms with Crippen molar-refractivity contribution in [3.8, 4) is 0 Å². The fourth-order valence-electron chi connectivity index (χ4n) is 2.34. The van der Waals surface area contributed by atoms with E-state index in [1.807, 2.05) is 24.3 Å². The lowest BCUT2D eigenvalue weighted by atomic mass is 9.95. The molecular weight excluding hydrogens is 276 g/mol. The van der Waals surface area contributed by atoms with Gasteiger partial charge in [-0.2, -0.15) is 5.10 Å². The molecule has 2 aromatic rings. The number of carbonyl (C=O) groups excluding carboxylic acids is 1. The first-order chi connectivity index (χ1) is 9.71. The molecule has 0 unspecified atom stereocenters. The molecule has 0 radical (unpaired) electrons. The molecule has 5 nitrogen and oxygen atoms in total. The highest BCUT2D eigenvalue weighted by atomic mass is 35.5. The van der Waals surface area contributed by atoms with E-state index in [4.69, 9.17) is 11.6 Å². The maximum atomic E-state index is 12.4. The Bertz CT molecular complexity index is 590. The molecule has 104 valence electrons. The van der Waals surface area contributed by atoms with Gasteiger partial charge in [-0.3, -0.25) is 9.48 Å². The third-order valence-corrected chi connectivity index (χ3v) is 3.93. The van der Waals surface area contributed by atoms with Gasteiger partial charge < -0.3 is 5.32 Å². The fourth-order valence-corrected chi connectivity index (χ4v) is 2.47. The van der Waals surface area contributed by atoms with Crippen molar-refractivity contribution in [1.29, 1.82) is 0 Å². The van der Waals surface area contributed by atoms with Crippen molar-refractivity contribution in [2.75, 3.05) is 6.54 Å². The zero-order valence-corrected chi connectivity index (χ0v) is 11.7. The minimum Gasteiger partial charge on any atom is -0.353 e. The number of hydrogen-bond acceptors (Lipinski definition) is 3. The highest BCUT2D eigenvalue weighted by Gasteiger charge is 2.50. The number of benzene rings is 1. The number of amides is 1. The number of carbonyl (C=O) groups is 1. The lowest BCUT2D eigenvalue weighted by Crippen LogP contribution is -2.36. The summed E-state index contributed by atoms with van der Waals surface area (Å²) < 4.78 is 1.70. The van der Waals surface area contributed by atoms with Gasteiger partial charge >= 0.3 is 0 Å². The summed E-state index contributed by atoms with van der Waals surface area (Å²) in [5.41, 5.74) is 0.688. The Morgan fingerprint density at radius 3 is 2.70 bits per heavy atom. The average molecular weight is 291 g/mol. The molecule has 1 fully saturated rings. The maximum absolute atomic E-state index is 12.4. The van der Waals surface area contributed by atoms with Gasteiger partial charge in [-0.25, -0.2) is 4.98 Å². The molecule has 0 bridgehead atoms. The van der Waals surface area contributed by atoms with Crippen LogP contribution in [-0.2, 0) is 16.8 Å². The van der Waals surface area contributed by atoms with Gasteiger partial charge in [0.1, 0.15) is 12.7 Å². The van der Waals surface area contributed by atoms with Gasteiger partial charge in [0, 0.05) is 11.6 Å². The van der Waals surface area contributed by atoms with Gasteiger partial charge in [0.15, 0.2) is 0 Å². The molecule has 1 aromatic heterocycles. The molecule has 0 saturated heterocycles. The Hall–Kier alpha value is -1.88. The van der Waals surface area contributed by atoms with Crippen LogP contribution in [0.5, 0.6) is 0 Å². The van der Waals surface area contributed by atoms with E-state index < -0.39 is 0 Å². The van der Waals surface area contributed by atoms with Crippen LogP contribution in [0.25, 0.3) is 0 Å². The van der Waals surface area contributed by atoms with Crippen molar-refractivity contribution in [3.63, 3.8) is 0 Å². The molecular formula is C14H15ClN4O. The molecule has 1 aliphatic rings. The Balaban J connectivity index is 1.60. The summed E-state index contributed by atoms with van der Waals surface area (Å²) in [6, 6.07) is 7.54. The summed E-state index contributed by atoms with van der Waals surface area (Å²) in [6.07, 6.45) is 4.91. The highest BCUT2D eigenvalue weighted by Crippen LogP contribution is 2.48. The van der Waals surface area contributed by atoms with Crippen LogP contribution in [0.3, 0.4) is 0 Å². The molecule has 1 aromatic carbocycles. The molecule has 0 spiro atoms. The molecule has 1 aliphatic carbocycles. The van der Waals surface area contributed by atoms with Crippen molar-refractivity contribution in [2.24, 2.45) is 0 Å². The monoisotopic (exact) mass is 290 g/mol. The predicted octanol–water partition coefficient (Wildman–Crippen LogP) is 1.78. The van der Waals surface area contributed by atoms with Gasteiger partial charge in [0.05, 0.1) is 12.0 Å². The number of nitrogens with one attached hydrogen (secondary N) is 1. The highest BCUT2D eigenvalue weighted by molar-refractivity contribution is 6.30. The first-order valence-electron chi connectivity index (χ1n) is 6.57. The van der Waals surface area contributed by atoms with Gasteiger partial charge in [0.2, 0.25) is 5.91 Å². The summed E-state index contributed by atoms with van der Waals surface area (Å²) >= 11 is 5.89. The Labute approximate surface area is 122 Å². The van der Waals surface area contributed by atoms with Crippen LogP contribution in [0.1, 0.15) is 18.4 Å². The molecule has 0 aliphatic heterocycles. The minimum atomic E-state index is -0.354. The smallest absolute Gasteiger partial charge is 0.230 e. The molecule has 1 saturated carbocycles. The van der Waals surface area contributed by atoms with E-state index in [2.05, 4.69) is 15.4 Å². The lowest BCUT2D eigenvalue weighted by molar-refractivity contribution is -0.123. The molecule has 1 amide bonds. The van der Waals surface area contributed by atoms with Crippen molar-refractivity contribution in [3.05, 3.63) is 47.5 Å². The van der Waals surface area contributed by atoms with Crippen LogP contribution in [0.4, 0.5) is 0 Å². The molecule has 20 heavy (non-hydrogen) atoms. The summed E-state index contributed by atoms with van der Waals surface area (Å²) in [6.45, 7) is 1.18. The molecule has 3 rings (SSSR count). The van der Waals surface area contributed by atoms with E-state index in [1.165, 1.54) is 6.33 Å². The minimum absolute atomic E-state index is 0.0833. The van der Waals surface area contributed by atoms with Crippen molar-refractivity contribution < 1.29 is 4.79 Å². The second-order valence-electron chi connectivity index (χ2n) is 5.00. The van der Waals surface area contributed by atoms with Gasteiger partial charge in [-0.05, 0) is 30.5 Å². The zero-order chi connectivity index (χ0) is 14.0. The topological polar surface area (TPSA) is 59.8 Å². The van der Waals surface area contributed by atoms with Crippen LogP contribution in [0.2, 0.25) is 5.02 Å². The maximum Gasteiger partial charge on any atom is 0.230 e. The number of hydrogen-bond donors (Lipinski definition) is 1. The van der Waals surface area contributed by atoms with Crippen LogP contribution < -0.4 is 5.32 Å². The van der Waals surface area contributed by atoms with E-state index in [-0.39, 0.29) is 11.3 Å². The Morgan fingerprint density at radius 1 is 1.35 bits per heavy atom. The second kappa shape index (κ2) is 5.25. The number of nitrogens with zero attached hydrogens (tertiary/aromatic N) is 3. The van der Waals surface area contributed by atoms with Crippen LogP contribution >= 0.6 is 11.6 Å². The van der Waals surface area contributed by atoms with E-state index in [9.17, 15) is 4.79 Å². The number of rotatable bonds is 5. The van der Waals surface area contributed by atoms with Gasteiger partial charge in [-0.15, -0.1) is 0 Å². The van der Waals surface area contributed by atoms with Gasteiger partial charge in [-0.1, -0.05) is 23.7 Å². The molecule has 6 heteroatoms. The standard InChI is InChI=1S/C14H15ClN4O/c15-12-3-1-11(2-4-12)14(5-6-14)13(20)17-7-8-19-10-16-9-18-19/h1-4,9-10H,5-8H2,(H,17,20). The van der Waals surface area contributed by atoms with E-state index in [0.717, 1.165) is 18.4 Å². The largest absolute Gasteiger partial charge is 0.353 e. The molecule has 1 N–H and O–H groups in total. The van der Waals surface area contributed by atoms with Gasteiger partial charge in [0.25, 0.3) is 0 Å². The fraction of sp³-hybridized carbons (Fsp3) is 0.357. The predicted molar refractivity (Wildman–Crippen MR) is 75.4 cm³/mol. The van der Waals surface area contributed by atoms with Crippen molar-refractivity contribution in [1.82, 2.24) is 20.1 Å². The zero-order valence-electron chi connectivity index (χ0n) is 10.9. The lowest BCUT2D eigenvalue weighted by Gasteiger charge is -2.15. The molecule has 0 atom stereocenters. The van der Waals surface area contributed by atoms with Crippen molar-refractivity contribution in [2.45, 2.75) is 24.8 Å². The van der Waals surface area contributed by atoms with Crippen LogP contribution in [-0.4, -0.2) is 27.2 Å². The number of aromatic nitrogens is 3. The average Bonchev–Trinajstić information content (AvgIpc) is 3.10. The van der Waals surface area contributed by atoms with E-state index >= 15 is 0 Å². The molecule has 1 heterocycles. The van der Waals surface area contributed by atoms with E-state index in [1.54, 1.807) is 11.0 Å². The quantitative estimate of drug-likeness (QED) is 0.913. The van der Waals surface area contributed by atoms with Crippen molar-refractivity contribution >= 4 is 17.5 Å². The third-order valence-electron chi connectivity index (χ3n) is 3.67. The second-order valence-corrected chi connectivity index (χ2v) is 5.44. The Kier molecular flexibility index (Phi) is 3.44. The van der Waals surface area contributed by atoms with Crippen LogP contribution in [0.15, 0.2) is 36.9 Å².